The Balaban J connectivity index is 1.17. The average molecular weight is 485 g/mol. The van der Waals surface area contributed by atoms with E-state index in [1.165, 1.54) is 11.0 Å². The van der Waals surface area contributed by atoms with Crippen molar-refractivity contribution in [2.45, 2.75) is 19.1 Å². The van der Waals surface area contributed by atoms with Gasteiger partial charge in [0.1, 0.15) is 11.6 Å². The average Bonchev–Trinajstić information content (AvgIpc) is 3.28. The predicted molar refractivity (Wildman–Crippen MR) is 119 cm³/mol. The molecule has 2 amide bonds. The van der Waals surface area contributed by atoms with E-state index in [0.717, 1.165) is 23.5 Å². The monoisotopic (exact) mass is 485 g/mol. The zero-order chi connectivity index (χ0) is 24.6. The van der Waals surface area contributed by atoms with Crippen molar-refractivity contribution in [2.24, 2.45) is 0 Å². The van der Waals surface area contributed by atoms with Gasteiger partial charge in [-0.1, -0.05) is 18.2 Å². The van der Waals surface area contributed by atoms with Gasteiger partial charge in [-0.2, -0.15) is 13.2 Å². The third kappa shape index (κ3) is 4.90. The Morgan fingerprint density at radius 3 is 2.51 bits per heavy atom. The second kappa shape index (κ2) is 9.14. The Labute approximate surface area is 199 Å². The van der Waals surface area contributed by atoms with Crippen molar-refractivity contribution >= 4 is 17.6 Å². The second-order valence-electron chi connectivity index (χ2n) is 8.48. The van der Waals surface area contributed by atoms with Gasteiger partial charge in [0.15, 0.2) is 0 Å². The lowest BCUT2D eigenvalue weighted by Gasteiger charge is -2.34. The van der Waals surface area contributed by atoms with Crippen molar-refractivity contribution in [1.29, 1.82) is 0 Å². The molecule has 0 N–H and O–H groups in total. The van der Waals surface area contributed by atoms with Gasteiger partial charge in [-0.15, -0.1) is 0 Å². The van der Waals surface area contributed by atoms with Gasteiger partial charge in [0.2, 0.25) is 17.7 Å². The maximum atomic E-state index is 12.9. The van der Waals surface area contributed by atoms with Gasteiger partial charge in [0.05, 0.1) is 30.9 Å². The molecule has 2 aliphatic rings. The van der Waals surface area contributed by atoms with Crippen molar-refractivity contribution in [2.75, 3.05) is 37.6 Å². The van der Waals surface area contributed by atoms with Crippen LogP contribution in [0.3, 0.4) is 0 Å². The van der Waals surface area contributed by atoms with Gasteiger partial charge < -0.3 is 9.32 Å². The summed E-state index contributed by atoms with van der Waals surface area (Å²) in [6, 6.07) is 11.6. The summed E-state index contributed by atoms with van der Waals surface area (Å²) in [5, 5.41) is 0. The molecule has 0 unspecified atom stereocenters. The van der Waals surface area contributed by atoms with Crippen LogP contribution in [0.5, 0.6) is 0 Å². The quantitative estimate of drug-likeness (QED) is 0.565. The van der Waals surface area contributed by atoms with Crippen LogP contribution in [0.4, 0.5) is 19.0 Å². The summed E-state index contributed by atoms with van der Waals surface area (Å²) in [4.78, 5) is 38.7. The minimum absolute atomic E-state index is 0.0198. The lowest BCUT2D eigenvalue weighted by Crippen LogP contribution is -2.53. The van der Waals surface area contributed by atoms with Gasteiger partial charge in [-0.3, -0.25) is 19.4 Å². The van der Waals surface area contributed by atoms with E-state index in [1.807, 2.05) is 30.3 Å². The van der Waals surface area contributed by atoms with Crippen LogP contribution in [0.15, 0.2) is 53.1 Å². The summed E-state index contributed by atoms with van der Waals surface area (Å²) in [7, 11) is 0. The molecule has 8 nitrogen and oxygen atoms in total. The number of piperazine rings is 1. The molecule has 2 aromatic heterocycles. The maximum Gasteiger partial charge on any atom is 0.417 e. The fourth-order valence-corrected chi connectivity index (χ4v) is 4.22. The summed E-state index contributed by atoms with van der Waals surface area (Å²) in [5.74, 6) is 0.917. The number of anilines is 1. The highest BCUT2D eigenvalue weighted by Gasteiger charge is 2.33. The van der Waals surface area contributed by atoms with E-state index in [2.05, 4.69) is 9.97 Å². The molecule has 0 aliphatic carbocycles. The molecule has 4 heterocycles. The molecule has 11 heteroatoms. The molecule has 0 atom stereocenters. The van der Waals surface area contributed by atoms with E-state index >= 15 is 0 Å². The number of rotatable bonds is 4. The van der Waals surface area contributed by atoms with Crippen LogP contribution in [-0.4, -0.2) is 64.3 Å². The summed E-state index contributed by atoms with van der Waals surface area (Å²) in [5.41, 5.74) is 0.852. The van der Waals surface area contributed by atoms with E-state index in [0.29, 0.717) is 37.7 Å². The number of halogens is 3. The Hall–Kier alpha value is -3.73. The van der Waals surface area contributed by atoms with Crippen LogP contribution in [0.2, 0.25) is 0 Å². The van der Waals surface area contributed by atoms with Crippen molar-refractivity contribution in [3.8, 4) is 11.5 Å². The third-order valence-electron chi connectivity index (χ3n) is 6.12. The Morgan fingerprint density at radius 2 is 1.83 bits per heavy atom. The molecule has 35 heavy (non-hydrogen) atoms. The zero-order valence-corrected chi connectivity index (χ0v) is 18.7. The zero-order valence-electron chi connectivity index (χ0n) is 18.7. The first-order chi connectivity index (χ1) is 16.8. The van der Waals surface area contributed by atoms with Crippen molar-refractivity contribution in [3.05, 3.63) is 65.7 Å². The van der Waals surface area contributed by atoms with E-state index < -0.39 is 11.7 Å². The molecular weight excluding hydrogens is 463 g/mol. The molecule has 1 aromatic carbocycles. The number of benzene rings is 1. The number of nitrogens with zero attached hydrogens (tertiary/aromatic N) is 5. The lowest BCUT2D eigenvalue weighted by atomic mass is 10.1. The fourth-order valence-electron chi connectivity index (χ4n) is 4.22. The van der Waals surface area contributed by atoms with Gasteiger partial charge in [0.25, 0.3) is 0 Å². The highest BCUT2D eigenvalue weighted by molar-refractivity contribution is 5.95. The van der Waals surface area contributed by atoms with Gasteiger partial charge in [-0.25, -0.2) is 9.97 Å². The number of fused-ring (bicyclic) bond motifs is 1. The molecule has 3 aromatic rings. The van der Waals surface area contributed by atoms with Crippen LogP contribution >= 0.6 is 0 Å². The number of carbonyl (C=O) groups is 2. The molecule has 0 bridgehead atoms. The lowest BCUT2D eigenvalue weighted by molar-refractivity contribution is -0.138. The Bertz CT molecular complexity index is 1230. The van der Waals surface area contributed by atoms with Crippen LogP contribution in [0, 0.1) is 0 Å². The van der Waals surface area contributed by atoms with E-state index in [1.54, 1.807) is 9.80 Å². The number of hydrogen-bond acceptors (Lipinski definition) is 6. The first-order valence-electron chi connectivity index (χ1n) is 11.2. The third-order valence-corrected chi connectivity index (χ3v) is 6.12. The number of oxazole rings is 1. The Kier molecular flexibility index (Phi) is 6.01. The van der Waals surface area contributed by atoms with Crippen LogP contribution in [-0.2, 0) is 28.7 Å². The largest absolute Gasteiger partial charge is 0.439 e. The van der Waals surface area contributed by atoms with Gasteiger partial charge >= 0.3 is 6.18 Å². The SMILES string of the molecule is O=C(CN1CCN(c2ccc(C(F)(F)F)cn2)C(=O)C1)N1CCc2nc(-c3ccccc3)oc2C1. The van der Waals surface area contributed by atoms with Crippen LogP contribution in [0.25, 0.3) is 11.5 Å². The number of pyridine rings is 1. The number of aromatic nitrogens is 2. The minimum atomic E-state index is -4.49. The molecule has 0 saturated carbocycles. The molecule has 0 spiro atoms. The fraction of sp³-hybridized carbons (Fsp3) is 0.333. The van der Waals surface area contributed by atoms with E-state index in [9.17, 15) is 22.8 Å². The molecule has 1 fully saturated rings. The number of amides is 2. The normalized spacial score (nSPS) is 16.9. The highest BCUT2D eigenvalue weighted by atomic mass is 19.4. The van der Waals surface area contributed by atoms with Crippen LogP contribution < -0.4 is 4.90 Å². The molecule has 2 aliphatic heterocycles. The minimum Gasteiger partial charge on any atom is -0.439 e. The van der Waals surface area contributed by atoms with Crippen molar-refractivity contribution < 1.29 is 27.2 Å². The van der Waals surface area contributed by atoms with Crippen molar-refractivity contribution in [3.63, 3.8) is 0 Å². The number of hydrogen-bond donors (Lipinski definition) is 0. The predicted octanol–water partition coefficient (Wildman–Crippen LogP) is 2.99. The highest BCUT2D eigenvalue weighted by Crippen LogP contribution is 2.30. The molecular formula is C24H22F3N5O3. The van der Waals surface area contributed by atoms with Crippen LogP contribution in [0.1, 0.15) is 17.0 Å². The van der Waals surface area contributed by atoms with E-state index in [-0.39, 0.29) is 37.3 Å². The Morgan fingerprint density at radius 1 is 1.03 bits per heavy atom. The first-order valence-corrected chi connectivity index (χ1v) is 11.2. The van der Waals surface area contributed by atoms with E-state index in [4.69, 9.17) is 4.42 Å². The molecule has 182 valence electrons. The maximum absolute atomic E-state index is 12.9. The number of alkyl halides is 3. The second-order valence-corrected chi connectivity index (χ2v) is 8.48. The van der Waals surface area contributed by atoms with Gasteiger partial charge in [0, 0.05) is 37.8 Å². The number of carbonyl (C=O) groups excluding carboxylic acids is 2. The summed E-state index contributed by atoms with van der Waals surface area (Å²) in [6.45, 7) is 1.51. The smallest absolute Gasteiger partial charge is 0.417 e. The summed E-state index contributed by atoms with van der Waals surface area (Å²) >= 11 is 0. The molecule has 5 rings (SSSR count). The summed E-state index contributed by atoms with van der Waals surface area (Å²) < 4.78 is 44.2. The van der Waals surface area contributed by atoms with Gasteiger partial charge in [-0.05, 0) is 24.3 Å². The standard InChI is InChI=1S/C24H22F3N5O3/c25-24(26,27)17-6-7-20(28-12-17)32-11-10-30(15-22(32)34)14-21(33)31-9-8-18-19(13-31)35-23(29-18)16-4-2-1-3-5-16/h1-7,12H,8-11,13-15H2. The topological polar surface area (TPSA) is 82.8 Å². The molecule has 1 saturated heterocycles. The van der Waals surface area contributed by atoms with Crippen molar-refractivity contribution in [1.82, 2.24) is 19.8 Å². The molecule has 0 radical (unpaired) electrons. The first kappa shape index (κ1) is 23.0. The summed E-state index contributed by atoms with van der Waals surface area (Å²) in [6.07, 6.45) is -3.18.